The molecule has 0 saturated carbocycles. The van der Waals surface area contributed by atoms with Crippen molar-refractivity contribution in [3.63, 3.8) is 0 Å². The van der Waals surface area contributed by atoms with Crippen LogP contribution in [0.15, 0.2) is 80.7 Å². The average Bonchev–Trinajstić information content (AvgIpc) is 3.26. The van der Waals surface area contributed by atoms with Gasteiger partial charge < -0.3 is 9.32 Å². The van der Waals surface area contributed by atoms with Crippen molar-refractivity contribution < 1.29 is 22.0 Å². The van der Waals surface area contributed by atoms with E-state index in [0.29, 0.717) is 5.76 Å². The van der Waals surface area contributed by atoms with E-state index < -0.39 is 16.1 Å². The third-order valence-corrected chi connectivity index (χ3v) is 7.42. The standard InChI is InChI=1S/C23H24BrFN2O4S/c1-17(2)27(32(29,30)22-11-7-19(24)8-12-22)16-23(28)26(15-21-4-3-13-31-21)14-18-5-9-20(25)10-6-18/h3-13,17H,14-16H2,1-2H3. The summed E-state index contributed by atoms with van der Waals surface area (Å²) in [4.78, 5) is 14.9. The number of carbonyl (C=O) groups excluding carboxylic acids is 1. The first-order valence-electron chi connectivity index (χ1n) is 9.99. The Balaban J connectivity index is 1.85. The summed E-state index contributed by atoms with van der Waals surface area (Å²) in [5, 5.41) is 0. The summed E-state index contributed by atoms with van der Waals surface area (Å²) >= 11 is 3.30. The highest BCUT2D eigenvalue weighted by Gasteiger charge is 2.31. The molecule has 0 spiro atoms. The SMILES string of the molecule is CC(C)N(CC(=O)N(Cc1ccc(F)cc1)Cc1ccco1)S(=O)(=O)c1ccc(Br)cc1. The molecule has 0 aliphatic heterocycles. The number of hydrogen-bond acceptors (Lipinski definition) is 4. The van der Waals surface area contributed by atoms with Crippen LogP contribution in [-0.2, 0) is 27.9 Å². The first-order chi connectivity index (χ1) is 15.2. The molecule has 1 heterocycles. The van der Waals surface area contributed by atoms with E-state index in [1.807, 2.05) is 0 Å². The van der Waals surface area contributed by atoms with Gasteiger partial charge in [-0.05, 0) is 67.9 Å². The molecule has 170 valence electrons. The third-order valence-electron chi connectivity index (χ3n) is 4.85. The van der Waals surface area contributed by atoms with Crippen LogP contribution in [0.25, 0.3) is 0 Å². The summed E-state index contributed by atoms with van der Waals surface area (Å²) in [6.45, 7) is 3.45. The van der Waals surface area contributed by atoms with E-state index in [2.05, 4.69) is 15.9 Å². The van der Waals surface area contributed by atoms with Crippen molar-refractivity contribution in [1.29, 1.82) is 0 Å². The Morgan fingerprint density at radius 1 is 1.03 bits per heavy atom. The molecule has 0 saturated heterocycles. The Hall–Kier alpha value is -2.49. The van der Waals surface area contributed by atoms with Crippen LogP contribution >= 0.6 is 15.9 Å². The quantitative estimate of drug-likeness (QED) is 0.404. The van der Waals surface area contributed by atoms with Gasteiger partial charge in [-0.25, -0.2) is 12.8 Å². The lowest BCUT2D eigenvalue weighted by Gasteiger charge is -2.29. The molecule has 0 radical (unpaired) electrons. The number of sulfonamides is 1. The van der Waals surface area contributed by atoms with Gasteiger partial charge in [0.25, 0.3) is 0 Å². The van der Waals surface area contributed by atoms with Gasteiger partial charge in [-0.15, -0.1) is 0 Å². The zero-order valence-electron chi connectivity index (χ0n) is 17.7. The van der Waals surface area contributed by atoms with Crippen LogP contribution in [0.2, 0.25) is 0 Å². The predicted octanol–water partition coefficient (Wildman–Crippen LogP) is 4.81. The molecule has 3 aromatic rings. The first kappa shape index (κ1) is 24.2. The molecule has 3 rings (SSSR count). The van der Waals surface area contributed by atoms with E-state index in [1.165, 1.54) is 39.7 Å². The minimum atomic E-state index is -3.89. The fraction of sp³-hybridized carbons (Fsp3) is 0.261. The molecule has 9 heteroatoms. The molecule has 2 aromatic carbocycles. The molecule has 1 amide bonds. The maximum absolute atomic E-state index is 13.3. The highest BCUT2D eigenvalue weighted by Crippen LogP contribution is 2.21. The number of benzene rings is 2. The van der Waals surface area contributed by atoms with Crippen molar-refractivity contribution in [1.82, 2.24) is 9.21 Å². The number of rotatable bonds is 9. The van der Waals surface area contributed by atoms with Gasteiger partial charge in [-0.2, -0.15) is 4.31 Å². The van der Waals surface area contributed by atoms with Crippen molar-refractivity contribution in [2.24, 2.45) is 0 Å². The van der Waals surface area contributed by atoms with Crippen LogP contribution in [0.3, 0.4) is 0 Å². The van der Waals surface area contributed by atoms with Crippen LogP contribution in [0.4, 0.5) is 4.39 Å². The van der Waals surface area contributed by atoms with Gasteiger partial charge in [0.05, 0.1) is 24.2 Å². The highest BCUT2D eigenvalue weighted by atomic mass is 79.9. The van der Waals surface area contributed by atoms with Gasteiger partial charge in [0, 0.05) is 17.1 Å². The molecule has 1 aromatic heterocycles. The Morgan fingerprint density at radius 3 is 2.25 bits per heavy atom. The maximum atomic E-state index is 13.3. The fourth-order valence-corrected chi connectivity index (χ4v) is 5.00. The summed E-state index contributed by atoms with van der Waals surface area (Å²) in [5.41, 5.74) is 0.721. The smallest absolute Gasteiger partial charge is 0.243 e. The van der Waals surface area contributed by atoms with E-state index in [-0.39, 0.29) is 36.3 Å². The molecule has 0 aliphatic carbocycles. The fourth-order valence-electron chi connectivity index (χ4n) is 3.15. The summed E-state index contributed by atoms with van der Waals surface area (Å²) < 4.78 is 47.1. The van der Waals surface area contributed by atoms with E-state index in [9.17, 15) is 17.6 Å². The second-order valence-corrected chi connectivity index (χ2v) is 10.4. The molecule has 0 bridgehead atoms. The number of carbonyl (C=O) groups is 1. The van der Waals surface area contributed by atoms with Gasteiger partial charge in [0.1, 0.15) is 11.6 Å². The zero-order valence-corrected chi connectivity index (χ0v) is 20.1. The summed E-state index contributed by atoms with van der Waals surface area (Å²) in [7, 11) is -3.89. The van der Waals surface area contributed by atoms with Gasteiger partial charge in [-0.1, -0.05) is 28.1 Å². The minimum absolute atomic E-state index is 0.110. The lowest BCUT2D eigenvalue weighted by Crippen LogP contribution is -2.45. The lowest BCUT2D eigenvalue weighted by atomic mass is 10.2. The van der Waals surface area contributed by atoms with Gasteiger partial charge in [-0.3, -0.25) is 4.79 Å². The zero-order chi connectivity index (χ0) is 23.3. The normalized spacial score (nSPS) is 11.8. The van der Waals surface area contributed by atoms with Crippen LogP contribution in [0.1, 0.15) is 25.2 Å². The van der Waals surface area contributed by atoms with Crippen molar-refractivity contribution in [3.8, 4) is 0 Å². The third kappa shape index (κ3) is 6.05. The van der Waals surface area contributed by atoms with Crippen LogP contribution in [0.5, 0.6) is 0 Å². The Labute approximate surface area is 195 Å². The molecule has 0 fully saturated rings. The second kappa shape index (κ2) is 10.4. The van der Waals surface area contributed by atoms with Crippen LogP contribution < -0.4 is 0 Å². The molecule has 0 aliphatic rings. The second-order valence-electron chi connectivity index (χ2n) is 7.55. The summed E-state index contributed by atoms with van der Waals surface area (Å²) in [5.74, 6) is -0.198. The van der Waals surface area contributed by atoms with E-state index in [4.69, 9.17) is 4.42 Å². The predicted molar refractivity (Wildman–Crippen MR) is 123 cm³/mol. The van der Waals surface area contributed by atoms with Crippen LogP contribution in [0, 0.1) is 5.82 Å². The number of nitrogens with zero attached hydrogens (tertiary/aromatic N) is 2. The summed E-state index contributed by atoms with van der Waals surface area (Å²) in [6.07, 6.45) is 1.51. The monoisotopic (exact) mass is 522 g/mol. The van der Waals surface area contributed by atoms with E-state index >= 15 is 0 Å². The van der Waals surface area contributed by atoms with Crippen molar-refractivity contribution in [3.05, 3.63) is 88.5 Å². The highest BCUT2D eigenvalue weighted by molar-refractivity contribution is 9.10. The number of halogens is 2. The Bertz CT molecular complexity index is 1130. The molecule has 0 N–H and O–H groups in total. The first-order valence-corrected chi connectivity index (χ1v) is 12.2. The molecule has 0 atom stereocenters. The van der Waals surface area contributed by atoms with Crippen molar-refractivity contribution in [2.45, 2.75) is 37.9 Å². The topological polar surface area (TPSA) is 70.8 Å². The molecular weight excluding hydrogens is 499 g/mol. The van der Waals surface area contributed by atoms with Gasteiger partial charge in [0.15, 0.2) is 0 Å². The van der Waals surface area contributed by atoms with E-state index in [0.717, 1.165) is 10.0 Å². The average molecular weight is 523 g/mol. The van der Waals surface area contributed by atoms with E-state index in [1.54, 1.807) is 50.2 Å². The largest absolute Gasteiger partial charge is 0.467 e. The minimum Gasteiger partial charge on any atom is -0.467 e. The Morgan fingerprint density at radius 2 is 1.69 bits per heavy atom. The number of amides is 1. The molecule has 6 nitrogen and oxygen atoms in total. The number of hydrogen-bond donors (Lipinski definition) is 0. The van der Waals surface area contributed by atoms with Crippen LogP contribution in [-0.4, -0.2) is 36.1 Å². The molecular formula is C23H24BrFN2O4S. The molecule has 32 heavy (non-hydrogen) atoms. The lowest BCUT2D eigenvalue weighted by molar-refractivity contribution is -0.133. The maximum Gasteiger partial charge on any atom is 0.243 e. The van der Waals surface area contributed by atoms with Gasteiger partial charge in [0.2, 0.25) is 15.9 Å². The van der Waals surface area contributed by atoms with Gasteiger partial charge >= 0.3 is 0 Å². The van der Waals surface area contributed by atoms with Crippen molar-refractivity contribution >= 4 is 31.9 Å². The molecule has 0 unspecified atom stereocenters. The summed E-state index contributed by atoms with van der Waals surface area (Å²) in [6, 6.07) is 15.1. The number of furan rings is 1. The Kier molecular flexibility index (Phi) is 7.86. The van der Waals surface area contributed by atoms with Crippen molar-refractivity contribution in [2.75, 3.05) is 6.54 Å².